The third-order valence-electron chi connectivity index (χ3n) is 5.29. The first-order valence-corrected chi connectivity index (χ1v) is 10.4. The van der Waals surface area contributed by atoms with Gasteiger partial charge in [-0.1, -0.05) is 95.8 Å². The number of hydrogen-bond donors (Lipinski definition) is 0. The van der Waals surface area contributed by atoms with Gasteiger partial charge in [-0.2, -0.15) is 0 Å². The van der Waals surface area contributed by atoms with Crippen LogP contribution in [-0.2, 0) is 0 Å². The van der Waals surface area contributed by atoms with Crippen molar-refractivity contribution < 1.29 is 0 Å². The molecule has 25 heavy (non-hydrogen) atoms. The molecule has 0 atom stereocenters. The van der Waals surface area contributed by atoms with Crippen LogP contribution in [0, 0.1) is 12.8 Å². The second-order valence-electron chi connectivity index (χ2n) is 7.52. The smallest absolute Gasteiger partial charge is 0.00960 e. The predicted octanol–water partition coefficient (Wildman–Crippen LogP) is 8.38. The minimum Gasteiger partial charge on any atom is -0.0683 e. The molecule has 2 aromatic rings. The van der Waals surface area contributed by atoms with Crippen molar-refractivity contribution in [3.8, 4) is 22.3 Å². The van der Waals surface area contributed by atoms with Gasteiger partial charge in [0.2, 0.25) is 0 Å². The Balaban J connectivity index is 0.000000410. The Hall–Kier alpha value is -1.56. The molecule has 136 valence electrons. The number of benzene rings is 2. The highest BCUT2D eigenvalue weighted by Gasteiger charge is 2.25. The summed E-state index contributed by atoms with van der Waals surface area (Å²) < 4.78 is 0. The maximum absolute atomic E-state index is 2.47. The molecular weight excluding hydrogens is 300 g/mol. The van der Waals surface area contributed by atoms with Gasteiger partial charge < -0.3 is 0 Å². The van der Waals surface area contributed by atoms with Crippen LogP contribution in [0.5, 0.6) is 0 Å². The van der Waals surface area contributed by atoms with Crippen molar-refractivity contribution in [1.29, 1.82) is 0 Å². The third kappa shape index (κ3) is 4.35. The van der Waals surface area contributed by atoms with Gasteiger partial charge >= 0.3 is 0 Å². The van der Waals surface area contributed by atoms with Gasteiger partial charge in [-0.05, 0) is 59.4 Å². The fourth-order valence-corrected chi connectivity index (χ4v) is 3.92. The summed E-state index contributed by atoms with van der Waals surface area (Å²) in [5.74, 6) is 1.73. The zero-order valence-electron chi connectivity index (χ0n) is 17.2. The molecule has 0 N–H and O–H groups in total. The van der Waals surface area contributed by atoms with E-state index in [2.05, 4.69) is 64.1 Å². The van der Waals surface area contributed by atoms with E-state index in [0.29, 0.717) is 0 Å². The first-order chi connectivity index (χ1) is 12.1. The van der Waals surface area contributed by atoms with Gasteiger partial charge in [0.1, 0.15) is 0 Å². The van der Waals surface area contributed by atoms with E-state index in [4.69, 9.17) is 0 Å². The molecule has 0 aromatic heterocycles. The molecule has 0 radical (unpaired) electrons. The van der Waals surface area contributed by atoms with Gasteiger partial charge in [0, 0.05) is 0 Å². The van der Waals surface area contributed by atoms with E-state index >= 15 is 0 Å². The minimum absolute atomic E-state index is 0.797. The molecule has 0 amide bonds. The molecule has 0 spiro atoms. The molecule has 1 saturated carbocycles. The van der Waals surface area contributed by atoms with E-state index in [-0.39, 0.29) is 0 Å². The normalized spacial score (nSPS) is 19.9. The first-order valence-electron chi connectivity index (χ1n) is 10.4. The van der Waals surface area contributed by atoms with E-state index in [1.165, 1.54) is 59.9 Å². The molecule has 2 aliphatic carbocycles. The third-order valence-corrected chi connectivity index (χ3v) is 5.29. The molecule has 0 unspecified atom stereocenters. The highest BCUT2D eigenvalue weighted by Crippen LogP contribution is 2.49. The van der Waals surface area contributed by atoms with Crippen LogP contribution in [0.3, 0.4) is 0 Å². The van der Waals surface area contributed by atoms with Crippen LogP contribution in [0.2, 0.25) is 0 Å². The summed E-state index contributed by atoms with van der Waals surface area (Å²) in [7, 11) is 0. The van der Waals surface area contributed by atoms with Crippen LogP contribution in [0.1, 0.15) is 83.8 Å². The first kappa shape index (κ1) is 19.8. The Labute approximate surface area is 155 Å². The van der Waals surface area contributed by atoms with Crippen LogP contribution < -0.4 is 0 Å². The molecule has 0 bridgehead atoms. The average molecular weight is 337 g/mol. The number of aryl methyl sites for hydroxylation is 1. The van der Waals surface area contributed by atoms with E-state index in [1.54, 1.807) is 5.56 Å². The molecular formula is C25H36. The number of hydrogen-bond acceptors (Lipinski definition) is 0. The average Bonchev–Trinajstić information content (AvgIpc) is 2.63. The Bertz CT molecular complexity index is 672. The predicted molar refractivity (Wildman–Crippen MR) is 113 cm³/mol. The van der Waals surface area contributed by atoms with Gasteiger partial charge in [-0.25, -0.2) is 0 Å². The SMILES string of the molecule is CC.CCC.Cc1ccc2c(c1)-c1cc(C3CCC(C)CC3)ccc1-2. The summed E-state index contributed by atoms with van der Waals surface area (Å²) in [6.45, 7) is 12.8. The summed E-state index contributed by atoms with van der Waals surface area (Å²) in [6.07, 6.45) is 6.80. The van der Waals surface area contributed by atoms with Crippen molar-refractivity contribution >= 4 is 0 Å². The van der Waals surface area contributed by atoms with Crippen LogP contribution in [0.15, 0.2) is 36.4 Å². The standard InChI is InChI=1S/C20H22.C3H8.C2H6/c1-13-3-6-15(7-4-13)16-8-10-18-17-9-5-14(2)11-19(17)20(18)12-16;1-3-2;1-2/h5,8-13,15H,3-4,6-7H2,1-2H3;3H2,1-2H3;1-2H3. The monoisotopic (exact) mass is 336 g/mol. The summed E-state index contributed by atoms with van der Waals surface area (Å²) in [5, 5.41) is 0. The lowest BCUT2D eigenvalue weighted by molar-refractivity contribution is 0.348. The molecule has 2 aromatic carbocycles. The lowest BCUT2D eigenvalue weighted by Crippen LogP contribution is -2.11. The van der Waals surface area contributed by atoms with Gasteiger partial charge in [-0.15, -0.1) is 0 Å². The van der Waals surface area contributed by atoms with Crippen molar-refractivity contribution in [3.63, 3.8) is 0 Å². The summed E-state index contributed by atoms with van der Waals surface area (Å²) in [5.41, 5.74) is 8.78. The Morgan fingerprint density at radius 2 is 1.28 bits per heavy atom. The lowest BCUT2D eigenvalue weighted by atomic mass is 9.75. The van der Waals surface area contributed by atoms with Crippen molar-refractivity contribution in [1.82, 2.24) is 0 Å². The minimum atomic E-state index is 0.797. The van der Waals surface area contributed by atoms with Gasteiger partial charge in [-0.3, -0.25) is 0 Å². The fraction of sp³-hybridized carbons (Fsp3) is 0.520. The Morgan fingerprint density at radius 1 is 0.760 bits per heavy atom. The Kier molecular flexibility index (Phi) is 7.29. The quantitative estimate of drug-likeness (QED) is 0.418. The van der Waals surface area contributed by atoms with Crippen LogP contribution >= 0.6 is 0 Å². The molecule has 1 fully saturated rings. The molecule has 4 rings (SSSR count). The lowest BCUT2D eigenvalue weighted by Gasteiger charge is -2.30. The highest BCUT2D eigenvalue weighted by atomic mass is 14.3. The highest BCUT2D eigenvalue weighted by molar-refractivity contribution is 6.02. The zero-order valence-corrected chi connectivity index (χ0v) is 17.2. The second kappa shape index (κ2) is 9.22. The van der Waals surface area contributed by atoms with Crippen LogP contribution in [-0.4, -0.2) is 0 Å². The van der Waals surface area contributed by atoms with Crippen LogP contribution in [0.25, 0.3) is 22.3 Å². The van der Waals surface area contributed by atoms with Gasteiger partial charge in [0.25, 0.3) is 0 Å². The molecule has 0 saturated heterocycles. The molecule has 0 heterocycles. The van der Waals surface area contributed by atoms with E-state index in [1.807, 2.05) is 13.8 Å². The van der Waals surface area contributed by atoms with Gasteiger partial charge in [0.15, 0.2) is 0 Å². The van der Waals surface area contributed by atoms with E-state index in [0.717, 1.165) is 11.8 Å². The van der Waals surface area contributed by atoms with Crippen molar-refractivity contribution in [3.05, 3.63) is 47.5 Å². The summed E-state index contributed by atoms with van der Waals surface area (Å²) in [4.78, 5) is 0. The maximum Gasteiger partial charge on any atom is -0.00960 e. The number of rotatable bonds is 1. The maximum atomic E-state index is 2.47. The molecule has 0 aliphatic heterocycles. The summed E-state index contributed by atoms with van der Waals surface area (Å²) in [6, 6.07) is 14.0. The molecule has 0 heteroatoms. The summed E-state index contributed by atoms with van der Waals surface area (Å²) >= 11 is 0. The Morgan fingerprint density at radius 3 is 1.88 bits per heavy atom. The van der Waals surface area contributed by atoms with Gasteiger partial charge in [0.05, 0.1) is 0 Å². The molecule has 2 aliphatic rings. The van der Waals surface area contributed by atoms with Crippen molar-refractivity contribution in [2.45, 2.75) is 79.6 Å². The molecule has 0 nitrogen and oxygen atoms in total. The zero-order chi connectivity index (χ0) is 18.4. The number of fused-ring (bicyclic) bond motifs is 4. The van der Waals surface area contributed by atoms with E-state index in [9.17, 15) is 0 Å². The topological polar surface area (TPSA) is 0 Å². The fourth-order valence-electron chi connectivity index (χ4n) is 3.92. The van der Waals surface area contributed by atoms with E-state index < -0.39 is 0 Å². The van der Waals surface area contributed by atoms with Crippen LogP contribution in [0.4, 0.5) is 0 Å². The van der Waals surface area contributed by atoms with Crippen molar-refractivity contribution in [2.75, 3.05) is 0 Å². The van der Waals surface area contributed by atoms with Crippen molar-refractivity contribution in [2.24, 2.45) is 5.92 Å². The largest absolute Gasteiger partial charge is 0.0683 e. The second-order valence-corrected chi connectivity index (χ2v) is 7.52.